The van der Waals surface area contributed by atoms with Gasteiger partial charge in [-0.05, 0) is 49.1 Å². The van der Waals surface area contributed by atoms with E-state index in [-0.39, 0.29) is 5.41 Å². The number of para-hydroxylation sites is 1. The summed E-state index contributed by atoms with van der Waals surface area (Å²) in [4.78, 5) is 6.68. The summed E-state index contributed by atoms with van der Waals surface area (Å²) < 4.78 is 5.43. The Bertz CT molecular complexity index is 766. The van der Waals surface area contributed by atoms with Gasteiger partial charge >= 0.3 is 0 Å². The minimum atomic E-state index is 0.268. The first kappa shape index (κ1) is 15.0. The fourth-order valence-corrected chi connectivity index (χ4v) is 6.39. The molecule has 6 rings (SSSR count). The summed E-state index contributed by atoms with van der Waals surface area (Å²) in [7, 11) is 1.84. The third kappa shape index (κ3) is 1.98. The van der Waals surface area contributed by atoms with E-state index in [1.165, 1.54) is 49.7 Å². The number of hydrogen-bond acceptors (Lipinski definition) is 2. The number of piperidine rings is 2. The van der Waals surface area contributed by atoms with Crippen LogP contribution in [0.5, 0.6) is 0 Å². The molecule has 3 nitrogen and oxygen atoms in total. The maximum atomic E-state index is 5.43. The number of H-pyrrole nitrogens is 1. The van der Waals surface area contributed by atoms with Gasteiger partial charge in [0.05, 0.1) is 0 Å². The minimum absolute atomic E-state index is 0.268. The molecule has 3 fully saturated rings. The molecular weight excluding hydrogens is 296 g/mol. The van der Waals surface area contributed by atoms with Crippen LogP contribution >= 0.6 is 0 Å². The number of rotatable bonds is 3. The van der Waals surface area contributed by atoms with Crippen LogP contribution in [-0.4, -0.2) is 42.7 Å². The first-order valence-electron chi connectivity index (χ1n) is 9.54. The van der Waals surface area contributed by atoms with Gasteiger partial charge in [-0.2, -0.15) is 0 Å². The summed E-state index contributed by atoms with van der Waals surface area (Å²) in [6.07, 6.45) is 5.14. The molecule has 1 aliphatic carbocycles. The predicted octanol–water partition coefficient (Wildman–Crippen LogP) is 3.73. The van der Waals surface area contributed by atoms with Crippen LogP contribution in [0.4, 0.5) is 0 Å². The van der Waals surface area contributed by atoms with E-state index in [4.69, 9.17) is 4.74 Å². The predicted molar refractivity (Wildman–Crippen MR) is 97.4 cm³/mol. The summed E-state index contributed by atoms with van der Waals surface area (Å²) in [6, 6.07) is 9.56. The van der Waals surface area contributed by atoms with Crippen molar-refractivity contribution in [1.82, 2.24) is 9.88 Å². The molecule has 5 unspecified atom stereocenters. The number of nitrogens with zero attached hydrogens (tertiary/aromatic N) is 1. The molecule has 5 atom stereocenters. The second-order valence-corrected chi connectivity index (χ2v) is 8.48. The average molecular weight is 324 g/mol. The largest absolute Gasteiger partial charge is 0.385 e. The van der Waals surface area contributed by atoms with Crippen molar-refractivity contribution >= 4 is 10.9 Å². The molecule has 1 aromatic heterocycles. The van der Waals surface area contributed by atoms with Crippen LogP contribution in [-0.2, 0) is 16.6 Å². The molecule has 2 saturated heterocycles. The number of benzene rings is 1. The lowest BCUT2D eigenvalue weighted by molar-refractivity contribution is -0.0588. The number of aromatic nitrogens is 1. The monoisotopic (exact) mass is 324 g/mol. The van der Waals surface area contributed by atoms with E-state index in [2.05, 4.69) is 41.1 Å². The summed E-state index contributed by atoms with van der Waals surface area (Å²) >= 11 is 0. The highest BCUT2D eigenvalue weighted by Gasteiger charge is 2.55. The molecule has 4 aliphatic rings. The van der Waals surface area contributed by atoms with E-state index in [1.54, 1.807) is 11.3 Å². The van der Waals surface area contributed by atoms with Crippen LogP contribution in [0.1, 0.15) is 37.4 Å². The van der Waals surface area contributed by atoms with Crippen molar-refractivity contribution in [3.05, 3.63) is 35.5 Å². The molecule has 0 amide bonds. The van der Waals surface area contributed by atoms with Gasteiger partial charge in [-0.3, -0.25) is 4.90 Å². The molecular formula is C21H28N2O. The third-order valence-electron chi connectivity index (χ3n) is 7.06. The van der Waals surface area contributed by atoms with E-state index in [0.717, 1.165) is 18.4 Å². The number of fused-ring (bicyclic) bond motifs is 4. The Morgan fingerprint density at radius 3 is 3.08 bits per heavy atom. The number of ether oxygens (including phenoxy) is 1. The standard InChI is InChI=1S/C21H28N2O/c1-21-12-14-11-15(8-10-24-2)20(21)23(13-14)9-7-17-16-5-3-4-6-18(16)22-19(17)21/h3-6,14-15,20,22H,7-13H2,1-2H3. The quantitative estimate of drug-likeness (QED) is 0.932. The maximum Gasteiger partial charge on any atom is 0.0465 e. The molecule has 1 aromatic carbocycles. The van der Waals surface area contributed by atoms with Crippen LogP contribution in [0.2, 0.25) is 0 Å². The van der Waals surface area contributed by atoms with Gasteiger partial charge in [0.2, 0.25) is 0 Å². The van der Waals surface area contributed by atoms with Crippen LogP contribution in [0, 0.1) is 11.8 Å². The molecule has 1 saturated carbocycles. The van der Waals surface area contributed by atoms with Gasteiger partial charge < -0.3 is 9.72 Å². The van der Waals surface area contributed by atoms with E-state index in [9.17, 15) is 0 Å². The summed E-state index contributed by atoms with van der Waals surface area (Å²) in [5.74, 6) is 1.62. The zero-order chi connectivity index (χ0) is 16.3. The highest BCUT2D eigenvalue weighted by molar-refractivity contribution is 5.85. The van der Waals surface area contributed by atoms with Crippen molar-refractivity contribution in [3.63, 3.8) is 0 Å². The molecule has 128 valence electrons. The van der Waals surface area contributed by atoms with Gasteiger partial charge in [-0.1, -0.05) is 25.1 Å². The Balaban J connectivity index is 1.64. The van der Waals surface area contributed by atoms with Crippen molar-refractivity contribution < 1.29 is 4.74 Å². The lowest BCUT2D eigenvalue weighted by Crippen LogP contribution is -2.63. The van der Waals surface area contributed by atoms with E-state index >= 15 is 0 Å². The van der Waals surface area contributed by atoms with Gasteiger partial charge in [0.15, 0.2) is 0 Å². The molecule has 2 aromatic rings. The van der Waals surface area contributed by atoms with Crippen LogP contribution in [0.25, 0.3) is 10.9 Å². The van der Waals surface area contributed by atoms with Crippen molar-refractivity contribution in [2.45, 2.75) is 44.1 Å². The Hall–Kier alpha value is -1.32. The van der Waals surface area contributed by atoms with Crippen molar-refractivity contribution in [2.75, 3.05) is 26.8 Å². The van der Waals surface area contributed by atoms with Crippen LogP contribution < -0.4 is 0 Å². The van der Waals surface area contributed by atoms with Gasteiger partial charge in [-0.25, -0.2) is 0 Å². The molecule has 3 aliphatic heterocycles. The fourth-order valence-electron chi connectivity index (χ4n) is 6.39. The fraction of sp³-hybridized carbons (Fsp3) is 0.619. The van der Waals surface area contributed by atoms with Crippen LogP contribution in [0.15, 0.2) is 24.3 Å². The summed E-state index contributed by atoms with van der Waals surface area (Å²) in [6.45, 7) is 5.97. The Labute approximate surface area is 144 Å². The smallest absolute Gasteiger partial charge is 0.0465 e. The lowest BCUT2D eigenvalue weighted by Gasteiger charge is -2.58. The minimum Gasteiger partial charge on any atom is -0.385 e. The Morgan fingerprint density at radius 2 is 2.21 bits per heavy atom. The third-order valence-corrected chi connectivity index (χ3v) is 7.06. The number of aromatic amines is 1. The average Bonchev–Trinajstić information content (AvgIpc) is 2.93. The highest BCUT2D eigenvalue weighted by Crippen LogP contribution is 2.54. The maximum absolute atomic E-state index is 5.43. The van der Waals surface area contributed by atoms with Gasteiger partial charge in [-0.15, -0.1) is 0 Å². The number of hydrogen-bond donors (Lipinski definition) is 1. The summed E-state index contributed by atoms with van der Waals surface area (Å²) in [5, 5.41) is 1.45. The molecule has 0 spiro atoms. The topological polar surface area (TPSA) is 28.3 Å². The van der Waals surface area contributed by atoms with Gasteiger partial charge in [0.25, 0.3) is 0 Å². The molecule has 24 heavy (non-hydrogen) atoms. The van der Waals surface area contributed by atoms with E-state index in [1.807, 2.05) is 7.11 Å². The summed E-state index contributed by atoms with van der Waals surface area (Å²) in [5.41, 5.74) is 4.73. The van der Waals surface area contributed by atoms with Crippen molar-refractivity contribution in [1.29, 1.82) is 0 Å². The van der Waals surface area contributed by atoms with Gasteiger partial charge in [0, 0.05) is 54.9 Å². The van der Waals surface area contributed by atoms with E-state index in [0.29, 0.717) is 6.04 Å². The number of nitrogens with one attached hydrogen (secondary N) is 1. The Morgan fingerprint density at radius 1 is 1.33 bits per heavy atom. The zero-order valence-corrected chi connectivity index (χ0v) is 14.8. The normalized spacial score (nSPS) is 37.4. The second-order valence-electron chi connectivity index (χ2n) is 8.48. The van der Waals surface area contributed by atoms with Crippen LogP contribution in [0.3, 0.4) is 0 Å². The first-order chi connectivity index (χ1) is 11.7. The molecule has 0 radical (unpaired) electrons. The molecule has 3 heteroatoms. The zero-order valence-electron chi connectivity index (χ0n) is 14.8. The highest BCUT2D eigenvalue weighted by atomic mass is 16.5. The van der Waals surface area contributed by atoms with Crippen molar-refractivity contribution in [3.8, 4) is 0 Å². The molecule has 4 heterocycles. The number of methoxy groups -OCH3 is 1. The lowest BCUT2D eigenvalue weighted by atomic mass is 9.57. The Kier molecular flexibility index (Phi) is 3.33. The van der Waals surface area contributed by atoms with Crippen molar-refractivity contribution in [2.24, 2.45) is 11.8 Å². The van der Waals surface area contributed by atoms with E-state index < -0.39 is 0 Å². The first-order valence-corrected chi connectivity index (χ1v) is 9.54. The second kappa shape index (κ2) is 5.34. The molecule has 4 bridgehead atoms. The molecule has 1 N–H and O–H groups in total. The SMILES string of the molecule is COCCC1CC2CN3CCc4c([nH]c5ccccc45)C(C)(C2)C13. The van der Waals surface area contributed by atoms with Gasteiger partial charge in [0.1, 0.15) is 0 Å².